The molecular formula is C13H6BrF3N4O6. The van der Waals surface area contributed by atoms with Crippen LogP contribution < -0.4 is 5.32 Å². The largest absolute Gasteiger partial charge is 0.418 e. The van der Waals surface area contributed by atoms with E-state index in [1.54, 1.807) is 0 Å². The van der Waals surface area contributed by atoms with Crippen LogP contribution >= 0.6 is 15.9 Å². The Labute approximate surface area is 155 Å². The first-order chi connectivity index (χ1) is 12.4. The molecule has 1 N–H and O–H groups in total. The Morgan fingerprint density at radius 2 is 1.48 bits per heavy atom. The second-order valence-corrected chi connectivity index (χ2v) is 5.80. The van der Waals surface area contributed by atoms with Gasteiger partial charge in [-0.15, -0.1) is 0 Å². The van der Waals surface area contributed by atoms with Gasteiger partial charge in [-0.3, -0.25) is 30.3 Å². The minimum Gasteiger partial charge on any atom is -0.348 e. The van der Waals surface area contributed by atoms with Gasteiger partial charge < -0.3 is 5.32 Å². The van der Waals surface area contributed by atoms with Crippen molar-refractivity contribution in [2.24, 2.45) is 0 Å². The average Bonchev–Trinajstić information content (AvgIpc) is 2.54. The zero-order chi connectivity index (χ0) is 20.5. The van der Waals surface area contributed by atoms with E-state index in [1.165, 1.54) is 0 Å². The van der Waals surface area contributed by atoms with E-state index in [-0.39, 0.29) is 21.9 Å². The topological polar surface area (TPSA) is 141 Å². The molecule has 0 unspecified atom stereocenters. The molecule has 0 amide bonds. The summed E-state index contributed by atoms with van der Waals surface area (Å²) in [6.07, 6.45) is -5.15. The highest BCUT2D eigenvalue weighted by Gasteiger charge is 2.39. The number of anilines is 2. The Hall–Kier alpha value is -3.29. The quantitative estimate of drug-likeness (QED) is 0.502. The lowest BCUT2D eigenvalue weighted by Gasteiger charge is -2.15. The smallest absolute Gasteiger partial charge is 0.348 e. The van der Waals surface area contributed by atoms with Gasteiger partial charge in [-0.1, -0.05) is 0 Å². The molecule has 10 nitrogen and oxygen atoms in total. The monoisotopic (exact) mass is 450 g/mol. The normalized spacial score (nSPS) is 11.1. The van der Waals surface area contributed by atoms with E-state index < -0.39 is 43.6 Å². The molecule has 0 saturated carbocycles. The summed E-state index contributed by atoms with van der Waals surface area (Å²) in [6, 6.07) is 3.53. The van der Waals surface area contributed by atoms with Crippen LogP contribution in [0.25, 0.3) is 0 Å². The molecule has 0 spiro atoms. The summed E-state index contributed by atoms with van der Waals surface area (Å²) in [5.74, 6) is 0. The van der Waals surface area contributed by atoms with Crippen molar-refractivity contribution in [1.82, 2.24) is 0 Å². The van der Waals surface area contributed by atoms with Crippen LogP contribution in [0.2, 0.25) is 0 Å². The van der Waals surface area contributed by atoms with Crippen LogP contribution in [0.4, 0.5) is 41.6 Å². The maximum atomic E-state index is 13.3. The lowest BCUT2D eigenvalue weighted by atomic mass is 10.1. The summed E-state index contributed by atoms with van der Waals surface area (Å²) in [5, 5.41) is 34.9. The molecule has 0 aromatic heterocycles. The zero-order valence-electron chi connectivity index (χ0n) is 12.7. The highest BCUT2D eigenvalue weighted by atomic mass is 79.9. The van der Waals surface area contributed by atoms with E-state index in [4.69, 9.17) is 0 Å². The molecule has 27 heavy (non-hydrogen) atoms. The first kappa shape index (κ1) is 20.0. The van der Waals surface area contributed by atoms with Crippen LogP contribution in [-0.4, -0.2) is 14.8 Å². The number of alkyl halides is 3. The Morgan fingerprint density at radius 3 is 1.93 bits per heavy atom. The van der Waals surface area contributed by atoms with E-state index in [2.05, 4.69) is 21.2 Å². The number of nitro groups is 3. The Kier molecular flexibility index (Phi) is 5.30. The SMILES string of the molecule is O=[N+]([O-])c1ccc(Nc2c([N+](=O)[O-])cc([N+](=O)[O-])cc2C(F)(F)F)c(Br)c1. The molecule has 0 bridgehead atoms. The van der Waals surface area contributed by atoms with Gasteiger partial charge in [0.25, 0.3) is 17.1 Å². The summed E-state index contributed by atoms with van der Waals surface area (Å²) < 4.78 is 39.9. The second kappa shape index (κ2) is 7.14. The van der Waals surface area contributed by atoms with Gasteiger partial charge in [0.2, 0.25) is 0 Å². The van der Waals surface area contributed by atoms with Crippen LogP contribution in [0, 0.1) is 30.3 Å². The Bertz CT molecular complexity index is 966. The van der Waals surface area contributed by atoms with Crippen molar-refractivity contribution in [3.8, 4) is 0 Å². The van der Waals surface area contributed by atoms with Gasteiger partial charge >= 0.3 is 6.18 Å². The molecule has 0 atom stereocenters. The van der Waals surface area contributed by atoms with E-state index in [1.807, 2.05) is 0 Å². The standard InChI is InChI=1S/C13H6BrF3N4O6/c14-9-4-6(19(22)23)1-2-10(9)18-12-8(13(15,16)17)3-7(20(24)25)5-11(12)21(26)27/h1-5,18H. The van der Waals surface area contributed by atoms with E-state index in [0.717, 1.165) is 18.2 Å². The molecule has 0 radical (unpaired) electrons. The number of non-ortho nitro benzene ring substituents is 2. The fourth-order valence-electron chi connectivity index (χ4n) is 2.07. The Morgan fingerprint density at radius 1 is 0.889 bits per heavy atom. The van der Waals surface area contributed by atoms with Crippen molar-refractivity contribution in [1.29, 1.82) is 0 Å². The molecule has 0 heterocycles. The highest BCUT2D eigenvalue weighted by Crippen LogP contribution is 2.44. The minimum absolute atomic E-state index is 0.0440. The molecule has 2 rings (SSSR count). The summed E-state index contributed by atoms with van der Waals surface area (Å²) in [6.45, 7) is 0. The number of halogens is 4. The van der Waals surface area contributed by atoms with Gasteiger partial charge in [0.15, 0.2) is 0 Å². The van der Waals surface area contributed by atoms with E-state index >= 15 is 0 Å². The van der Waals surface area contributed by atoms with Crippen LogP contribution in [0.15, 0.2) is 34.8 Å². The molecule has 2 aromatic carbocycles. The van der Waals surface area contributed by atoms with Gasteiger partial charge in [0.1, 0.15) is 5.69 Å². The molecule has 0 aliphatic heterocycles. The van der Waals surface area contributed by atoms with Crippen LogP contribution in [-0.2, 0) is 6.18 Å². The second-order valence-electron chi connectivity index (χ2n) is 4.95. The van der Waals surface area contributed by atoms with Crippen LogP contribution in [0.1, 0.15) is 5.56 Å². The molecule has 14 heteroatoms. The third-order valence-corrected chi connectivity index (χ3v) is 3.89. The number of nitro benzene ring substituents is 3. The maximum absolute atomic E-state index is 13.3. The molecule has 0 aliphatic rings. The first-order valence-electron chi connectivity index (χ1n) is 6.66. The van der Waals surface area contributed by atoms with Crippen molar-refractivity contribution in [2.45, 2.75) is 6.18 Å². The van der Waals surface area contributed by atoms with Gasteiger partial charge in [-0.2, -0.15) is 13.2 Å². The van der Waals surface area contributed by atoms with Crippen molar-refractivity contribution in [2.75, 3.05) is 5.32 Å². The number of hydrogen-bond donors (Lipinski definition) is 1. The number of benzene rings is 2. The van der Waals surface area contributed by atoms with Crippen molar-refractivity contribution >= 4 is 44.4 Å². The lowest BCUT2D eigenvalue weighted by molar-refractivity contribution is -0.394. The van der Waals surface area contributed by atoms with Crippen LogP contribution in [0.3, 0.4) is 0 Å². The summed E-state index contributed by atoms with van der Waals surface area (Å²) >= 11 is 2.92. The van der Waals surface area contributed by atoms with Crippen molar-refractivity contribution in [3.05, 3.63) is 70.7 Å². The summed E-state index contributed by atoms with van der Waals surface area (Å²) in [7, 11) is 0. The zero-order valence-corrected chi connectivity index (χ0v) is 14.3. The lowest BCUT2D eigenvalue weighted by Crippen LogP contribution is -2.12. The molecule has 2 aromatic rings. The predicted molar refractivity (Wildman–Crippen MR) is 88.8 cm³/mol. The van der Waals surface area contributed by atoms with E-state index in [9.17, 15) is 43.5 Å². The molecule has 142 valence electrons. The van der Waals surface area contributed by atoms with Gasteiger partial charge in [-0.25, -0.2) is 0 Å². The predicted octanol–water partition coefficient (Wildman–Crippen LogP) is 4.94. The van der Waals surface area contributed by atoms with E-state index in [0.29, 0.717) is 6.07 Å². The number of hydrogen-bond acceptors (Lipinski definition) is 7. The van der Waals surface area contributed by atoms with Crippen LogP contribution in [0.5, 0.6) is 0 Å². The third-order valence-electron chi connectivity index (χ3n) is 3.24. The van der Waals surface area contributed by atoms with Gasteiger partial charge in [0, 0.05) is 22.7 Å². The average molecular weight is 451 g/mol. The molecule has 0 saturated heterocycles. The van der Waals surface area contributed by atoms with Crippen molar-refractivity contribution < 1.29 is 27.9 Å². The first-order valence-corrected chi connectivity index (χ1v) is 7.46. The number of nitrogens with one attached hydrogen (secondary N) is 1. The summed E-state index contributed by atoms with van der Waals surface area (Å²) in [4.78, 5) is 29.6. The fraction of sp³-hybridized carbons (Fsp3) is 0.0769. The molecular weight excluding hydrogens is 445 g/mol. The van der Waals surface area contributed by atoms with Crippen molar-refractivity contribution in [3.63, 3.8) is 0 Å². The fourth-order valence-corrected chi connectivity index (χ4v) is 2.54. The van der Waals surface area contributed by atoms with Gasteiger partial charge in [-0.05, 0) is 22.0 Å². The third kappa shape index (κ3) is 4.28. The van der Waals surface area contributed by atoms with Gasteiger partial charge in [0.05, 0.1) is 32.1 Å². The summed E-state index contributed by atoms with van der Waals surface area (Å²) in [5.41, 5.74) is -5.48. The highest BCUT2D eigenvalue weighted by molar-refractivity contribution is 9.10. The number of rotatable bonds is 5. The molecule has 0 fully saturated rings. The Balaban J connectivity index is 2.69. The molecule has 0 aliphatic carbocycles. The minimum atomic E-state index is -5.15. The number of nitrogens with zero attached hydrogens (tertiary/aromatic N) is 3. The maximum Gasteiger partial charge on any atom is 0.418 e.